The van der Waals surface area contributed by atoms with Crippen molar-refractivity contribution in [2.45, 2.75) is 52.1 Å². The van der Waals surface area contributed by atoms with Crippen molar-refractivity contribution >= 4 is 5.69 Å². The summed E-state index contributed by atoms with van der Waals surface area (Å²) in [4.78, 5) is 6.77. The van der Waals surface area contributed by atoms with Gasteiger partial charge in [-0.2, -0.15) is 0 Å². The molecule has 100 valence electrons. The summed E-state index contributed by atoms with van der Waals surface area (Å²) in [5.74, 6) is 0.671. The third-order valence-corrected chi connectivity index (χ3v) is 3.73. The zero-order valence-electron chi connectivity index (χ0n) is 11.6. The number of nitrogens with two attached hydrogens (primary N) is 1. The van der Waals surface area contributed by atoms with Crippen LogP contribution in [0.3, 0.4) is 0 Å². The van der Waals surface area contributed by atoms with E-state index in [1.165, 1.54) is 36.9 Å². The number of anilines is 1. The van der Waals surface area contributed by atoms with Gasteiger partial charge in [0.2, 0.25) is 0 Å². The van der Waals surface area contributed by atoms with Crippen molar-refractivity contribution in [1.82, 2.24) is 4.98 Å². The van der Waals surface area contributed by atoms with E-state index in [0.717, 1.165) is 6.54 Å². The first-order chi connectivity index (χ1) is 8.72. The van der Waals surface area contributed by atoms with Crippen LogP contribution in [-0.4, -0.2) is 17.6 Å². The quantitative estimate of drug-likeness (QED) is 0.870. The zero-order valence-corrected chi connectivity index (χ0v) is 11.6. The Morgan fingerprint density at radius 2 is 2.11 bits per heavy atom. The van der Waals surface area contributed by atoms with Crippen LogP contribution < -0.4 is 10.6 Å². The summed E-state index contributed by atoms with van der Waals surface area (Å²) in [6, 6.07) is 2.82. The summed E-state index contributed by atoms with van der Waals surface area (Å²) < 4.78 is 0. The molecule has 0 amide bonds. The first-order valence-electron chi connectivity index (χ1n) is 7.12. The molecule has 18 heavy (non-hydrogen) atoms. The van der Waals surface area contributed by atoms with Crippen LogP contribution in [0.25, 0.3) is 0 Å². The Bertz CT molecular complexity index is 370. The number of nitrogens with zero attached hydrogens (tertiary/aromatic N) is 2. The fourth-order valence-corrected chi connectivity index (χ4v) is 2.91. The Morgan fingerprint density at radius 1 is 1.39 bits per heavy atom. The Hall–Kier alpha value is -1.09. The largest absolute Gasteiger partial charge is 0.368 e. The van der Waals surface area contributed by atoms with Crippen molar-refractivity contribution in [3.05, 3.63) is 24.0 Å². The molecule has 0 saturated heterocycles. The Labute approximate surface area is 110 Å². The molecule has 3 nitrogen and oxygen atoms in total. The molecule has 0 bridgehead atoms. The van der Waals surface area contributed by atoms with E-state index in [0.29, 0.717) is 18.5 Å². The highest BCUT2D eigenvalue weighted by molar-refractivity contribution is 5.53. The van der Waals surface area contributed by atoms with Crippen LogP contribution >= 0.6 is 0 Å². The lowest BCUT2D eigenvalue weighted by atomic mass is 10.1. The second kappa shape index (κ2) is 6.19. The third-order valence-electron chi connectivity index (χ3n) is 3.73. The van der Waals surface area contributed by atoms with Gasteiger partial charge in [0.1, 0.15) is 0 Å². The van der Waals surface area contributed by atoms with Crippen molar-refractivity contribution in [3.8, 4) is 0 Å². The van der Waals surface area contributed by atoms with Crippen molar-refractivity contribution in [2.75, 3.05) is 11.4 Å². The van der Waals surface area contributed by atoms with E-state index in [4.69, 9.17) is 5.73 Å². The summed E-state index contributed by atoms with van der Waals surface area (Å²) in [6.45, 7) is 6.25. The van der Waals surface area contributed by atoms with Gasteiger partial charge in [-0.25, -0.2) is 0 Å². The molecule has 2 N–H and O–H groups in total. The highest BCUT2D eigenvalue weighted by atomic mass is 15.2. The van der Waals surface area contributed by atoms with Crippen LogP contribution in [0.4, 0.5) is 5.69 Å². The van der Waals surface area contributed by atoms with E-state index >= 15 is 0 Å². The smallest absolute Gasteiger partial charge is 0.0445 e. The lowest BCUT2D eigenvalue weighted by Gasteiger charge is -2.34. The molecule has 1 aliphatic rings. The second-order valence-corrected chi connectivity index (χ2v) is 5.69. The van der Waals surface area contributed by atoms with Crippen LogP contribution in [0.15, 0.2) is 18.5 Å². The fraction of sp³-hybridized carbons (Fsp3) is 0.667. The maximum Gasteiger partial charge on any atom is 0.0445 e. The molecule has 1 aromatic rings. The second-order valence-electron chi connectivity index (χ2n) is 5.69. The summed E-state index contributed by atoms with van der Waals surface area (Å²) in [5.41, 5.74) is 8.32. The third kappa shape index (κ3) is 3.02. The number of rotatable bonds is 5. The minimum absolute atomic E-state index is 0.574. The summed E-state index contributed by atoms with van der Waals surface area (Å²) in [7, 11) is 0. The molecule has 3 heteroatoms. The van der Waals surface area contributed by atoms with Gasteiger partial charge in [-0.1, -0.05) is 26.7 Å². The predicted octanol–water partition coefficient (Wildman–Crippen LogP) is 2.95. The van der Waals surface area contributed by atoms with Gasteiger partial charge in [-0.15, -0.1) is 0 Å². The number of pyridine rings is 1. The fourth-order valence-electron chi connectivity index (χ4n) is 2.91. The highest BCUT2D eigenvalue weighted by Gasteiger charge is 2.24. The summed E-state index contributed by atoms with van der Waals surface area (Å²) >= 11 is 0. The molecular formula is C15H25N3. The van der Waals surface area contributed by atoms with Crippen LogP contribution in [0.2, 0.25) is 0 Å². The molecule has 0 spiro atoms. The summed E-state index contributed by atoms with van der Waals surface area (Å²) in [6.07, 6.45) is 9.16. The standard InChI is InChI=1S/C15H25N3/c1-12(2)11-18(14-5-3-4-6-14)15-7-8-17-10-13(15)9-16/h7-8,10,12,14H,3-6,9,11,16H2,1-2H3. The summed E-state index contributed by atoms with van der Waals surface area (Å²) in [5, 5.41) is 0. The first-order valence-corrected chi connectivity index (χ1v) is 7.12. The molecule has 0 radical (unpaired) electrons. The average Bonchev–Trinajstić information content (AvgIpc) is 2.89. The normalized spacial score (nSPS) is 16.4. The van der Waals surface area contributed by atoms with Gasteiger partial charge in [0.15, 0.2) is 0 Å². The molecule has 0 unspecified atom stereocenters. The van der Waals surface area contributed by atoms with Crippen LogP contribution in [0.5, 0.6) is 0 Å². The zero-order chi connectivity index (χ0) is 13.0. The molecule has 1 aromatic heterocycles. The van der Waals surface area contributed by atoms with Gasteiger partial charge >= 0.3 is 0 Å². The van der Waals surface area contributed by atoms with Gasteiger partial charge in [0.25, 0.3) is 0 Å². The lowest BCUT2D eigenvalue weighted by molar-refractivity contribution is 0.534. The Kier molecular flexibility index (Phi) is 4.59. The maximum atomic E-state index is 5.85. The molecule has 0 atom stereocenters. The van der Waals surface area contributed by atoms with Gasteiger partial charge in [-0.05, 0) is 24.8 Å². The Morgan fingerprint density at radius 3 is 2.72 bits per heavy atom. The molecule has 0 aromatic carbocycles. The molecule has 2 rings (SSSR count). The molecule has 0 aliphatic heterocycles. The van der Waals surface area contributed by atoms with Crippen molar-refractivity contribution < 1.29 is 0 Å². The van der Waals surface area contributed by atoms with E-state index in [2.05, 4.69) is 29.8 Å². The molecule has 1 fully saturated rings. The van der Waals surface area contributed by atoms with Gasteiger partial charge in [0, 0.05) is 42.8 Å². The van der Waals surface area contributed by atoms with Crippen molar-refractivity contribution in [1.29, 1.82) is 0 Å². The predicted molar refractivity (Wildman–Crippen MR) is 76.6 cm³/mol. The van der Waals surface area contributed by atoms with Crippen LogP contribution in [-0.2, 0) is 6.54 Å². The molecule has 1 heterocycles. The minimum atomic E-state index is 0.574. The van der Waals surface area contributed by atoms with Crippen LogP contribution in [0, 0.1) is 5.92 Å². The van der Waals surface area contributed by atoms with Gasteiger partial charge in [0.05, 0.1) is 0 Å². The van der Waals surface area contributed by atoms with E-state index in [-0.39, 0.29) is 0 Å². The molecular weight excluding hydrogens is 222 g/mol. The highest BCUT2D eigenvalue weighted by Crippen LogP contribution is 2.30. The van der Waals surface area contributed by atoms with E-state index < -0.39 is 0 Å². The number of aromatic nitrogens is 1. The molecule has 1 aliphatic carbocycles. The topological polar surface area (TPSA) is 42.2 Å². The van der Waals surface area contributed by atoms with Gasteiger partial charge < -0.3 is 10.6 Å². The Balaban J connectivity index is 2.26. The van der Waals surface area contributed by atoms with E-state index in [1.54, 1.807) is 0 Å². The maximum absolute atomic E-state index is 5.85. The first kappa shape index (κ1) is 13.3. The minimum Gasteiger partial charge on any atom is -0.368 e. The lowest BCUT2D eigenvalue weighted by Crippen LogP contribution is -2.37. The van der Waals surface area contributed by atoms with Gasteiger partial charge in [-0.3, -0.25) is 4.98 Å². The average molecular weight is 247 g/mol. The molecule has 1 saturated carbocycles. The van der Waals surface area contributed by atoms with Crippen LogP contribution in [0.1, 0.15) is 45.1 Å². The number of hydrogen-bond donors (Lipinski definition) is 1. The number of hydrogen-bond acceptors (Lipinski definition) is 3. The SMILES string of the molecule is CC(C)CN(c1ccncc1CN)C1CCCC1. The monoisotopic (exact) mass is 247 g/mol. The van der Waals surface area contributed by atoms with E-state index in [9.17, 15) is 0 Å². The van der Waals surface area contributed by atoms with Crippen molar-refractivity contribution in [3.63, 3.8) is 0 Å². The van der Waals surface area contributed by atoms with Crippen molar-refractivity contribution in [2.24, 2.45) is 11.7 Å². The van der Waals surface area contributed by atoms with E-state index in [1.807, 2.05) is 12.4 Å².